The van der Waals surface area contributed by atoms with E-state index in [1.807, 2.05) is 52.8 Å². The molecule has 0 aliphatic carbocycles. The molecule has 2 aromatic heterocycles. The number of methoxy groups -OCH3 is 1. The highest BCUT2D eigenvalue weighted by molar-refractivity contribution is 7.99. The average Bonchev–Trinajstić information content (AvgIpc) is 3.44. The van der Waals surface area contributed by atoms with Gasteiger partial charge in [0.1, 0.15) is 17.6 Å². The van der Waals surface area contributed by atoms with Crippen LogP contribution in [0.5, 0.6) is 5.75 Å². The van der Waals surface area contributed by atoms with E-state index >= 15 is 0 Å². The topological polar surface area (TPSA) is 74.0 Å². The normalized spacial score (nSPS) is 11.9. The van der Waals surface area contributed by atoms with E-state index in [2.05, 4.69) is 47.3 Å². The van der Waals surface area contributed by atoms with Gasteiger partial charge in [0, 0.05) is 37.5 Å². The fourth-order valence-electron chi connectivity index (χ4n) is 3.79. The maximum Gasteiger partial charge on any atom is 0.231 e. The number of rotatable bonds is 8. The summed E-state index contributed by atoms with van der Waals surface area (Å²) in [4.78, 5) is 21.9. The Morgan fingerprint density at radius 1 is 1.09 bits per heavy atom. The summed E-state index contributed by atoms with van der Waals surface area (Å²) in [5.74, 6) is 1.60. The first-order valence-corrected chi connectivity index (χ1v) is 11.6. The lowest BCUT2D eigenvalue weighted by Gasteiger charge is -2.19. The number of benzene rings is 2. The first-order valence-electron chi connectivity index (χ1n) is 10.6. The van der Waals surface area contributed by atoms with Crippen molar-refractivity contribution in [1.82, 2.24) is 24.4 Å². The predicted octanol–water partition coefficient (Wildman–Crippen LogP) is 4.23. The minimum Gasteiger partial charge on any atom is -0.497 e. The monoisotopic (exact) mass is 461 g/mol. The summed E-state index contributed by atoms with van der Waals surface area (Å²) < 4.78 is 9.29. The first-order chi connectivity index (χ1) is 15.9. The molecule has 33 heavy (non-hydrogen) atoms. The third kappa shape index (κ3) is 5.28. The summed E-state index contributed by atoms with van der Waals surface area (Å²) >= 11 is 1.40. The second kappa shape index (κ2) is 9.95. The maximum atomic E-state index is 13.0. The summed E-state index contributed by atoms with van der Waals surface area (Å²) in [5.41, 5.74) is 4.31. The molecule has 1 N–H and O–H groups in total. The number of thioether (sulfide) groups is 1. The van der Waals surface area contributed by atoms with Crippen LogP contribution in [0.15, 0.2) is 72.4 Å². The largest absolute Gasteiger partial charge is 0.497 e. The highest BCUT2D eigenvalue weighted by Crippen LogP contribution is 2.26. The maximum absolute atomic E-state index is 13.0. The second-order valence-corrected chi connectivity index (χ2v) is 8.83. The van der Waals surface area contributed by atoms with Gasteiger partial charge in [-0.15, -0.1) is 0 Å². The van der Waals surface area contributed by atoms with Crippen LogP contribution >= 0.6 is 11.8 Å². The Balaban J connectivity index is 1.51. The highest BCUT2D eigenvalue weighted by Gasteiger charge is 2.22. The molecule has 2 heterocycles. The molecule has 1 unspecified atom stereocenters. The van der Waals surface area contributed by atoms with Crippen LogP contribution in [-0.4, -0.2) is 37.9 Å². The van der Waals surface area contributed by atoms with Crippen LogP contribution in [0.25, 0.3) is 5.69 Å². The summed E-state index contributed by atoms with van der Waals surface area (Å²) in [6, 6.07) is 13.6. The van der Waals surface area contributed by atoms with Gasteiger partial charge >= 0.3 is 0 Å². The molecule has 4 rings (SSSR count). The second-order valence-electron chi connectivity index (χ2n) is 7.89. The number of aromatic nitrogens is 4. The van der Waals surface area contributed by atoms with E-state index in [0.717, 1.165) is 28.0 Å². The highest BCUT2D eigenvalue weighted by atomic mass is 32.2. The summed E-state index contributed by atoms with van der Waals surface area (Å²) in [6.07, 6.45) is 7.26. The van der Waals surface area contributed by atoms with E-state index in [4.69, 9.17) is 4.74 Å². The van der Waals surface area contributed by atoms with Crippen molar-refractivity contribution in [2.75, 3.05) is 12.9 Å². The average molecular weight is 462 g/mol. The molecule has 0 fully saturated rings. The van der Waals surface area contributed by atoms with Gasteiger partial charge in [-0.3, -0.25) is 9.36 Å². The molecule has 8 heteroatoms. The molecule has 0 bridgehead atoms. The van der Waals surface area contributed by atoms with E-state index in [0.29, 0.717) is 0 Å². The Morgan fingerprint density at radius 3 is 2.55 bits per heavy atom. The molecule has 170 valence electrons. The van der Waals surface area contributed by atoms with E-state index in [1.165, 1.54) is 22.9 Å². The number of carbonyl (C=O) groups excluding carboxylic acids is 1. The number of aryl methyl sites for hydroxylation is 3. The fourth-order valence-corrected chi connectivity index (χ4v) is 4.57. The molecule has 0 spiro atoms. The SMILES string of the molecule is COc1cccc(C(NC(=O)CSc2nccn2-c2cc(C)cc(C)c2)c2nccn2C)c1. The lowest BCUT2D eigenvalue weighted by Crippen LogP contribution is -2.32. The van der Waals surface area contributed by atoms with Crippen LogP contribution in [0.2, 0.25) is 0 Å². The minimum absolute atomic E-state index is 0.106. The molecular formula is C25H27N5O2S. The third-order valence-corrected chi connectivity index (χ3v) is 6.24. The van der Waals surface area contributed by atoms with Gasteiger partial charge in [0.25, 0.3) is 0 Å². The van der Waals surface area contributed by atoms with E-state index < -0.39 is 6.04 Å². The number of imidazole rings is 2. The zero-order valence-corrected chi connectivity index (χ0v) is 20.0. The Morgan fingerprint density at radius 2 is 1.85 bits per heavy atom. The van der Waals surface area contributed by atoms with Gasteiger partial charge in [0.2, 0.25) is 5.91 Å². The van der Waals surface area contributed by atoms with Crippen molar-refractivity contribution in [1.29, 1.82) is 0 Å². The molecule has 7 nitrogen and oxygen atoms in total. The van der Waals surface area contributed by atoms with Crippen LogP contribution in [0.4, 0.5) is 0 Å². The van der Waals surface area contributed by atoms with Crippen molar-refractivity contribution < 1.29 is 9.53 Å². The molecule has 4 aromatic rings. The lowest BCUT2D eigenvalue weighted by molar-refractivity contribution is -0.119. The molecule has 1 amide bonds. The van der Waals surface area contributed by atoms with Crippen molar-refractivity contribution >= 4 is 17.7 Å². The van der Waals surface area contributed by atoms with Crippen molar-refractivity contribution in [3.05, 3.63) is 89.8 Å². The summed E-state index contributed by atoms with van der Waals surface area (Å²) in [7, 11) is 3.54. The third-order valence-electron chi connectivity index (χ3n) is 5.27. The molecule has 1 atom stereocenters. The number of amides is 1. The Labute approximate surface area is 197 Å². The van der Waals surface area contributed by atoms with Crippen LogP contribution in [0, 0.1) is 13.8 Å². The van der Waals surface area contributed by atoms with Gasteiger partial charge in [-0.2, -0.15) is 0 Å². The van der Waals surface area contributed by atoms with Gasteiger partial charge in [-0.1, -0.05) is 30.0 Å². The zero-order chi connectivity index (χ0) is 23.4. The van der Waals surface area contributed by atoms with Gasteiger partial charge in [0.15, 0.2) is 5.16 Å². The minimum atomic E-state index is -0.396. The zero-order valence-electron chi connectivity index (χ0n) is 19.1. The summed E-state index contributed by atoms with van der Waals surface area (Å²) in [6.45, 7) is 4.15. The van der Waals surface area contributed by atoms with Gasteiger partial charge in [-0.05, 0) is 54.8 Å². The molecule has 0 radical (unpaired) electrons. The smallest absolute Gasteiger partial charge is 0.231 e. The van der Waals surface area contributed by atoms with E-state index in [-0.39, 0.29) is 11.7 Å². The standard InChI is InChI=1S/C25H27N5O2S/c1-17-12-18(2)14-20(13-17)30-11-9-27-25(30)33-16-22(31)28-23(24-26-8-10-29(24)3)19-6-5-7-21(15-19)32-4/h5-15,23H,16H2,1-4H3,(H,28,31). The van der Waals surface area contributed by atoms with Gasteiger partial charge in [0.05, 0.1) is 12.9 Å². The number of nitrogens with one attached hydrogen (secondary N) is 1. The number of carbonyl (C=O) groups is 1. The van der Waals surface area contributed by atoms with Crippen molar-refractivity contribution in [3.8, 4) is 11.4 Å². The van der Waals surface area contributed by atoms with Crippen LogP contribution in [0.3, 0.4) is 0 Å². The number of hydrogen-bond acceptors (Lipinski definition) is 5. The molecule has 2 aromatic carbocycles. The summed E-state index contributed by atoms with van der Waals surface area (Å²) in [5, 5.41) is 3.90. The quantitative estimate of drug-likeness (QED) is 0.398. The van der Waals surface area contributed by atoms with Crippen LogP contribution < -0.4 is 10.1 Å². The van der Waals surface area contributed by atoms with E-state index in [1.54, 1.807) is 19.5 Å². The van der Waals surface area contributed by atoms with Crippen LogP contribution in [-0.2, 0) is 11.8 Å². The van der Waals surface area contributed by atoms with Gasteiger partial charge < -0.3 is 14.6 Å². The number of ether oxygens (including phenoxy) is 1. The Bertz CT molecular complexity index is 1240. The predicted molar refractivity (Wildman–Crippen MR) is 130 cm³/mol. The molecule has 0 saturated carbocycles. The van der Waals surface area contributed by atoms with Crippen LogP contribution in [0.1, 0.15) is 28.6 Å². The van der Waals surface area contributed by atoms with Gasteiger partial charge in [-0.25, -0.2) is 9.97 Å². The Kier molecular flexibility index (Phi) is 6.84. The number of nitrogens with zero attached hydrogens (tertiary/aromatic N) is 4. The Hall–Kier alpha value is -3.52. The first kappa shape index (κ1) is 22.7. The van der Waals surface area contributed by atoms with Crippen molar-refractivity contribution in [2.24, 2.45) is 7.05 Å². The fraction of sp³-hybridized carbons (Fsp3) is 0.240. The molecule has 0 aliphatic heterocycles. The number of hydrogen-bond donors (Lipinski definition) is 1. The van der Waals surface area contributed by atoms with Crippen molar-refractivity contribution in [2.45, 2.75) is 25.0 Å². The molecular weight excluding hydrogens is 434 g/mol. The van der Waals surface area contributed by atoms with Crippen molar-refractivity contribution in [3.63, 3.8) is 0 Å². The van der Waals surface area contributed by atoms with E-state index in [9.17, 15) is 4.79 Å². The molecule has 0 aliphatic rings. The lowest BCUT2D eigenvalue weighted by atomic mass is 10.1. The molecule has 0 saturated heterocycles.